The normalized spacial score (nSPS) is 10.3. The van der Waals surface area contributed by atoms with E-state index in [2.05, 4.69) is 72.2 Å². The second-order valence-electron chi connectivity index (χ2n) is 7.14. The predicted molar refractivity (Wildman–Crippen MR) is 123 cm³/mol. The minimum Gasteiger partial charge on any atom is -0.385 e. The van der Waals surface area contributed by atoms with Gasteiger partial charge in [-0.15, -0.1) is 12.4 Å². The molecule has 0 aromatic heterocycles. The standard InChI is InChI=1S/C24H36N2.ClH/c1-2-3-4-5-6-11-20-25-23-16-18-24(19-17-23)26-21-12-10-15-22-13-8-7-9-14-22;/h7-9,13-14,16-19,25-26H,2-6,10-12,15,20-21H2,1H3;1H. The number of anilines is 2. The summed E-state index contributed by atoms with van der Waals surface area (Å²) in [6, 6.07) is 19.5. The van der Waals surface area contributed by atoms with Crippen LogP contribution in [0.15, 0.2) is 54.6 Å². The van der Waals surface area contributed by atoms with Crippen molar-refractivity contribution in [3.05, 3.63) is 60.2 Å². The minimum absolute atomic E-state index is 0. The third kappa shape index (κ3) is 10.9. The maximum atomic E-state index is 3.53. The molecule has 0 atom stereocenters. The predicted octanol–water partition coefficient (Wildman–Crippen LogP) is 7.32. The molecule has 0 spiro atoms. The lowest BCUT2D eigenvalue weighted by Gasteiger charge is -2.09. The van der Waals surface area contributed by atoms with Gasteiger partial charge in [-0.1, -0.05) is 69.4 Å². The molecular weight excluding hydrogens is 352 g/mol. The molecule has 0 aliphatic heterocycles. The molecule has 2 N–H and O–H groups in total. The number of benzene rings is 2. The van der Waals surface area contributed by atoms with E-state index in [1.54, 1.807) is 0 Å². The summed E-state index contributed by atoms with van der Waals surface area (Å²) in [6.45, 7) is 4.39. The monoisotopic (exact) mass is 388 g/mol. The number of unbranched alkanes of at least 4 members (excludes halogenated alkanes) is 6. The first kappa shape index (κ1) is 23.4. The number of hydrogen-bond acceptors (Lipinski definition) is 2. The third-order valence-electron chi connectivity index (χ3n) is 4.81. The van der Waals surface area contributed by atoms with Crippen LogP contribution in [0.25, 0.3) is 0 Å². The number of halogens is 1. The largest absolute Gasteiger partial charge is 0.385 e. The molecule has 2 rings (SSSR count). The Morgan fingerprint density at radius 2 is 1.11 bits per heavy atom. The zero-order valence-electron chi connectivity index (χ0n) is 16.9. The fraction of sp³-hybridized carbons (Fsp3) is 0.500. The van der Waals surface area contributed by atoms with Crippen LogP contribution in [0, 0.1) is 0 Å². The van der Waals surface area contributed by atoms with Crippen molar-refractivity contribution >= 4 is 23.8 Å². The zero-order valence-corrected chi connectivity index (χ0v) is 17.7. The van der Waals surface area contributed by atoms with Gasteiger partial charge < -0.3 is 10.6 Å². The Morgan fingerprint density at radius 1 is 0.593 bits per heavy atom. The van der Waals surface area contributed by atoms with Crippen molar-refractivity contribution in [2.45, 2.75) is 64.7 Å². The van der Waals surface area contributed by atoms with E-state index in [9.17, 15) is 0 Å². The Morgan fingerprint density at radius 3 is 1.70 bits per heavy atom. The van der Waals surface area contributed by atoms with Gasteiger partial charge in [0.25, 0.3) is 0 Å². The maximum Gasteiger partial charge on any atom is 0.0341 e. The molecule has 3 heteroatoms. The molecule has 0 aliphatic rings. The molecule has 150 valence electrons. The van der Waals surface area contributed by atoms with Crippen molar-refractivity contribution in [1.82, 2.24) is 0 Å². The first-order valence-corrected chi connectivity index (χ1v) is 10.5. The van der Waals surface area contributed by atoms with Gasteiger partial charge in [0.1, 0.15) is 0 Å². The van der Waals surface area contributed by atoms with Gasteiger partial charge in [-0.3, -0.25) is 0 Å². The van der Waals surface area contributed by atoms with Crippen LogP contribution in [0.1, 0.15) is 63.9 Å². The molecule has 0 saturated heterocycles. The van der Waals surface area contributed by atoms with Crippen LogP contribution < -0.4 is 10.6 Å². The molecule has 2 aromatic carbocycles. The van der Waals surface area contributed by atoms with Crippen molar-refractivity contribution < 1.29 is 0 Å². The van der Waals surface area contributed by atoms with Crippen molar-refractivity contribution in [2.24, 2.45) is 0 Å². The fourth-order valence-electron chi connectivity index (χ4n) is 3.18. The Balaban J connectivity index is 0.00000364. The molecular formula is C24H37ClN2. The van der Waals surface area contributed by atoms with E-state index in [1.807, 2.05) is 0 Å². The van der Waals surface area contributed by atoms with Gasteiger partial charge >= 0.3 is 0 Å². The Kier molecular flexibility index (Phi) is 13.3. The molecule has 0 heterocycles. The van der Waals surface area contributed by atoms with Crippen molar-refractivity contribution in [3.8, 4) is 0 Å². The maximum absolute atomic E-state index is 3.53. The zero-order chi connectivity index (χ0) is 18.3. The number of rotatable bonds is 14. The van der Waals surface area contributed by atoms with Crippen molar-refractivity contribution in [1.29, 1.82) is 0 Å². The lowest BCUT2D eigenvalue weighted by atomic mass is 10.1. The highest BCUT2D eigenvalue weighted by Gasteiger charge is 1.96. The van der Waals surface area contributed by atoms with Crippen LogP contribution in [0.4, 0.5) is 11.4 Å². The van der Waals surface area contributed by atoms with Gasteiger partial charge in [-0.25, -0.2) is 0 Å². The quantitative estimate of drug-likeness (QED) is 0.331. The highest BCUT2D eigenvalue weighted by atomic mass is 35.5. The average Bonchev–Trinajstić information content (AvgIpc) is 2.69. The second-order valence-corrected chi connectivity index (χ2v) is 7.14. The van der Waals surface area contributed by atoms with Gasteiger partial charge in [0.15, 0.2) is 0 Å². The van der Waals surface area contributed by atoms with Crippen molar-refractivity contribution in [3.63, 3.8) is 0 Å². The Bertz CT molecular complexity index is 569. The highest BCUT2D eigenvalue weighted by Crippen LogP contribution is 2.14. The van der Waals surface area contributed by atoms with Crippen LogP contribution in [-0.2, 0) is 6.42 Å². The molecule has 0 radical (unpaired) electrons. The van der Waals surface area contributed by atoms with Gasteiger partial charge in [-0.05, 0) is 55.5 Å². The number of aryl methyl sites for hydroxylation is 1. The summed E-state index contributed by atoms with van der Waals surface area (Å²) in [7, 11) is 0. The van der Waals surface area contributed by atoms with Crippen LogP contribution in [0.5, 0.6) is 0 Å². The summed E-state index contributed by atoms with van der Waals surface area (Å²) >= 11 is 0. The molecule has 0 amide bonds. The Hall–Kier alpha value is -1.67. The molecule has 0 aliphatic carbocycles. The van der Waals surface area contributed by atoms with Gasteiger partial charge in [-0.2, -0.15) is 0 Å². The summed E-state index contributed by atoms with van der Waals surface area (Å²) in [5.41, 5.74) is 3.89. The van der Waals surface area contributed by atoms with Crippen LogP contribution in [0.2, 0.25) is 0 Å². The van der Waals surface area contributed by atoms with Gasteiger partial charge in [0.2, 0.25) is 0 Å². The van der Waals surface area contributed by atoms with Crippen LogP contribution in [-0.4, -0.2) is 13.1 Å². The first-order chi connectivity index (χ1) is 12.9. The first-order valence-electron chi connectivity index (χ1n) is 10.5. The smallest absolute Gasteiger partial charge is 0.0341 e. The summed E-state index contributed by atoms with van der Waals surface area (Å²) in [5, 5.41) is 7.06. The second kappa shape index (κ2) is 15.4. The summed E-state index contributed by atoms with van der Waals surface area (Å²) in [6.07, 6.45) is 11.7. The molecule has 2 aromatic rings. The lowest BCUT2D eigenvalue weighted by molar-refractivity contribution is 0.617. The van der Waals surface area contributed by atoms with Gasteiger partial charge in [0.05, 0.1) is 0 Å². The highest BCUT2D eigenvalue weighted by molar-refractivity contribution is 5.85. The molecule has 0 bridgehead atoms. The molecule has 0 unspecified atom stereocenters. The van der Waals surface area contributed by atoms with Crippen LogP contribution >= 0.6 is 12.4 Å². The summed E-state index contributed by atoms with van der Waals surface area (Å²) in [5.74, 6) is 0. The summed E-state index contributed by atoms with van der Waals surface area (Å²) < 4.78 is 0. The summed E-state index contributed by atoms with van der Waals surface area (Å²) in [4.78, 5) is 0. The lowest BCUT2D eigenvalue weighted by Crippen LogP contribution is -2.03. The van der Waals surface area contributed by atoms with E-state index in [0.717, 1.165) is 13.1 Å². The van der Waals surface area contributed by atoms with E-state index >= 15 is 0 Å². The van der Waals surface area contributed by atoms with Crippen molar-refractivity contribution in [2.75, 3.05) is 23.7 Å². The van der Waals surface area contributed by atoms with E-state index in [-0.39, 0.29) is 12.4 Å². The minimum atomic E-state index is 0. The van der Waals surface area contributed by atoms with Gasteiger partial charge in [0, 0.05) is 24.5 Å². The van der Waals surface area contributed by atoms with E-state index in [0.29, 0.717) is 0 Å². The topological polar surface area (TPSA) is 24.1 Å². The molecule has 2 nitrogen and oxygen atoms in total. The third-order valence-corrected chi connectivity index (χ3v) is 4.81. The van der Waals surface area contributed by atoms with E-state index in [1.165, 1.54) is 74.7 Å². The molecule has 0 saturated carbocycles. The number of hydrogen-bond donors (Lipinski definition) is 2. The molecule has 27 heavy (non-hydrogen) atoms. The van der Waals surface area contributed by atoms with Crippen LogP contribution in [0.3, 0.4) is 0 Å². The Labute approximate surface area is 172 Å². The SMILES string of the molecule is CCCCCCCCNc1ccc(NCCCCc2ccccc2)cc1.Cl. The molecule has 0 fully saturated rings. The van der Waals surface area contributed by atoms with E-state index < -0.39 is 0 Å². The van der Waals surface area contributed by atoms with E-state index in [4.69, 9.17) is 0 Å². The fourth-order valence-corrected chi connectivity index (χ4v) is 3.18. The number of nitrogens with one attached hydrogen (secondary N) is 2. The average molecular weight is 389 g/mol.